The molecule has 3 N–H and O–H groups in total. The first-order valence-corrected chi connectivity index (χ1v) is 8.67. The van der Waals surface area contributed by atoms with Crippen LogP contribution in [-0.2, 0) is 0 Å². The van der Waals surface area contributed by atoms with Gasteiger partial charge >= 0.3 is 0 Å². The van der Waals surface area contributed by atoms with Gasteiger partial charge in [0.2, 0.25) is 0 Å². The van der Waals surface area contributed by atoms with Crippen LogP contribution in [-0.4, -0.2) is 38.7 Å². The summed E-state index contributed by atoms with van der Waals surface area (Å²) in [7, 11) is 6.72. The van der Waals surface area contributed by atoms with E-state index in [2.05, 4.69) is 77.6 Å². The first kappa shape index (κ1) is 18.3. The number of aryl methyl sites for hydroxylation is 2. The minimum atomic E-state index is 0.629. The van der Waals surface area contributed by atoms with E-state index in [0.717, 1.165) is 28.8 Å². The van der Waals surface area contributed by atoms with Gasteiger partial charge in [0.15, 0.2) is 0 Å². The van der Waals surface area contributed by atoms with Crippen molar-refractivity contribution in [1.29, 1.82) is 0 Å². The fourth-order valence-electron chi connectivity index (χ4n) is 3.18. The van der Waals surface area contributed by atoms with Crippen LogP contribution in [0.15, 0.2) is 36.4 Å². The van der Waals surface area contributed by atoms with Crippen molar-refractivity contribution in [2.75, 3.05) is 45.3 Å². The van der Waals surface area contributed by atoms with Gasteiger partial charge < -0.3 is 15.5 Å². The van der Waals surface area contributed by atoms with Gasteiger partial charge in [-0.2, -0.15) is 0 Å². The molecule has 24 heavy (non-hydrogen) atoms. The molecule has 2 aromatic carbocycles. The standard InChI is InChI=1S/C21H32N3/c1-15(14-24(4,5)6)13-23-21-10-8-19(12-17(21)3)18-7-9-20(22)16(2)11-18/h7-12,15,23H,13-14,22H2,1-6H3/q+1. The lowest BCUT2D eigenvalue weighted by atomic mass is 10.00. The molecule has 0 aliphatic carbocycles. The van der Waals surface area contributed by atoms with Gasteiger partial charge in [0.1, 0.15) is 0 Å². The predicted octanol–water partition coefficient (Wildman–Crippen LogP) is 4.31. The van der Waals surface area contributed by atoms with Gasteiger partial charge in [-0.3, -0.25) is 0 Å². The molecule has 0 fully saturated rings. The summed E-state index contributed by atoms with van der Waals surface area (Å²) in [5.41, 5.74) is 12.8. The third-order valence-electron chi connectivity index (χ3n) is 4.33. The average Bonchev–Trinajstić information content (AvgIpc) is 2.47. The van der Waals surface area contributed by atoms with Crippen LogP contribution in [0.25, 0.3) is 11.1 Å². The summed E-state index contributed by atoms with van der Waals surface area (Å²) in [5.74, 6) is 0.629. The average molecular weight is 327 g/mol. The van der Waals surface area contributed by atoms with Crippen LogP contribution in [0.4, 0.5) is 11.4 Å². The molecule has 0 saturated carbocycles. The molecule has 1 unspecified atom stereocenters. The minimum Gasteiger partial charge on any atom is -0.399 e. The number of nitrogens with one attached hydrogen (secondary N) is 1. The van der Waals surface area contributed by atoms with Crippen LogP contribution in [0.2, 0.25) is 0 Å². The Hall–Kier alpha value is -2.00. The van der Waals surface area contributed by atoms with Crippen molar-refractivity contribution in [3.8, 4) is 11.1 Å². The van der Waals surface area contributed by atoms with Gasteiger partial charge in [0, 0.05) is 23.8 Å². The molecule has 0 heterocycles. The van der Waals surface area contributed by atoms with E-state index in [9.17, 15) is 0 Å². The van der Waals surface area contributed by atoms with E-state index in [1.807, 2.05) is 6.07 Å². The van der Waals surface area contributed by atoms with E-state index in [4.69, 9.17) is 5.73 Å². The summed E-state index contributed by atoms with van der Waals surface area (Å²) in [6, 6.07) is 12.9. The Morgan fingerprint density at radius 2 is 1.54 bits per heavy atom. The van der Waals surface area contributed by atoms with Gasteiger partial charge in [-0.1, -0.05) is 19.1 Å². The van der Waals surface area contributed by atoms with Crippen molar-refractivity contribution in [1.82, 2.24) is 0 Å². The van der Waals surface area contributed by atoms with Crippen molar-refractivity contribution in [3.63, 3.8) is 0 Å². The molecule has 0 aliphatic heterocycles. The van der Waals surface area contributed by atoms with Gasteiger partial charge in [0.05, 0.1) is 27.7 Å². The summed E-state index contributed by atoms with van der Waals surface area (Å²) in [6.45, 7) is 8.68. The normalized spacial score (nSPS) is 12.9. The highest BCUT2D eigenvalue weighted by molar-refractivity contribution is 5.71. The lowest BCUT2D eigenvalue weighted by molar-refractivity contribution is -0.873. The minimum absolute atomic E-state index is 0.629. The molecule has 0 spiro atoms. The summed E-state index contributed by atoms with van der Waals surface area (Å²) in [4.78, 5) is 0. The zero-order valence-corrected chi connectivity index (χ0v) is 16.0. The molecular weight excluding hydrogens is 294 g/mol. The van der Waals surface area contributed by atoms with Gasteiger partial charge in [0.25, 0.3) is 0 Å². The van der Waals surface area contributed by atoms with E-state index in [0.29, 0.717) is 5.92 Å². The molecule has 0 aromatic heterocycles. The quantitative estimate of drug-likeness (QED) is 0.613. The summed E-state index contributed by atoms with van der Waals surface area (Å²) in [6.07, 6.45) is 0. The maximum absolute atomic E-state index is 5.92. The Kier molecular flexibility index (Phi) is 5.55. The number of quaternary nitrogens is 1. The smallest absolute Gasteiger partial charge is 0.0823 e. The second-order valence-electron chi connectivity index (χ2n) is 8.06. The molecule has 0 amide bonds. The van der Waals surface area contributed by atoms with Gasteiger partial charge in [-0.25, -0.2) is 0 Å². The number of nitrogens with two attached hydrogens (primary N) is 1. The summed E-state index contributed by atoms with van der Waals surface area (Å²) < 4.78 is 0.997. The number of hydrogen-bond acceptors (Lipinski definition) is 2. The van der Waals surface area contributed by atoms with Crippen LogP contribution >= 0.6 is 0 Å². The number of rotatable bonds is 6. The molecule has 0 aliphatic rings. The number of hydrogen-bond donors (Lipinski definition) is 2. The SMILES string of the molecule is Cc1cc(-c2ccc(NCC(C)C[N+](C)(C)C)c(C)c2)ccc1N. The van der Waals surface area contributed by atoms with Crippen LogP contribution in [0.3, 0.4) is 0 Å². The highest BCUT2D eigenvalue weighted by atomic mass is 15.3. The van der Waals surface area contributed by atoms with E-state index >= 15 is 0 Å². The molecule has 3 nitrogen and oxygen atoms in total. The first-order valence-electron chi connectivity index (χ1n) is 8.67. The highest BCUT2D eigenvalue weighted by Gasteiger charge is 2.13. The Bertz CT molecular complexity index is 699. The fraction of sp³-hybridized carbons (Fsp3) is 0.429. The highest BCUT2D eigenvalue weighted by Crippen LogP contribution is 2.27. The van der Waals surface area contributed by atoms with Crippen LogP contribution in [0, 0.1) is 19.8 Å². The van der Waals surface area contributed by atoms with E-state index in [-0.39, 0.29) is 0 Å². The fourth-order valence-corrected chi connectivity index (χ4v) is 3.18. The Balaban J connectivity index is 2.08. The molecule has 3 heteroatoms. The summed E-state index contributed by atoms with van der Waals surface area (Å²) in [5, 5.41) is 3.60. The third-order valence-corrected chi connectivity index (χ3v) is 4.33. The molecule has 2 aromatic rings. The monoisotopic (exact) mass is 326 g/mol. The van der Waals surface area contributed by atoms with E-state index in [1.165, 1.54) is 22.4 Å². The number of nitrogens with zero attached hydrogens (tertiary/aromatic N) is 1. The topological polar surface area (TPSA) is 38.0 Å². The molecule has 0 saturated heterocycles. The van der Waals surface area contributed by atoms with Crippen LogP contribution < -0.4 is 11.1 Å². The lowest BCUT2D eigenvalue weighted by Crippen LogP contribution is -2.40. The predicted molar refractivity (Wildman–Crippen MR) is 106 cm³/mol. The van der Waals surface area contributed by atoms with E-state index < -0.39 is 0 Å². The maximum atomic E-state index is 5.92. The van der Waals surface area contributed by atoms with Crippen molar-refractivity contribution in [2.45, 2.75) is 20.8 Å². The third kappa shape index (κ3) is 5.00. The number of anilines is 2. The lowest BCUT2D eigenvalue weighted by Gasteiger charge is -2.28. The number of benzene rings is 2. The Morgan fingerprint density at radius 3 is 2.08 bits per heavy atom. The van der Waals surface area contributed by atoms with Crippen LogP contribution in [0.1, 0.15) is 18.1 Å². The second-order valence-corrected chi connectivity index (χ2v) is 8.06. The first-order chi connectivity index (χ1) is 11.2. The molecule has 1 atom stereocenters. The number of nitrogen functional groups attached to an aromatic ring is 1. The largest absolute Gasteiger partial charge is 0.399 e. The molecular formula is C21H32N3+. The zero-order chi connectivity index (χ0) is 17.9. The van der Waals surface area contributed by atoms with E-state index in [1.54, 1.807) is 0 Å². The van der Waals surface area contributed by atoms with Crippen molar-refractivity contribution >= 4 is 11.4 Å². The second kappa shape index (κ2) is 7.27. The molecule has 0 bridgehead atoms. The molecule has 0 radical (unpaired) electrons. The van der Waals surface area contributed by atoms with Gasteiger partial charge in [-0.05, 0) is 60.4 Å². The Morgan fingerprint density at radius 1 is 0.958 bits per heavy atom. The molecule has 130 valence electrons. The van der Waals surface area contributed by atoms with Crippen molar-refractivity contribution in [3.05, 3.63) is 47.5 Å². The Labute approximate surface area is 147 Å². The molecule has 2 rings (SSSR count). The summed E-state index contributed by atoms with van der Waals surface area (Å²) >= 11 is 0. The maximum Gasteiger partial charge on any atom is 0.0823 e. The zero-order valence-electron chi connectivity index (χ0n) is 16.0. The van der Waals surface area contributed by atoms with Crippen molar-refractivity contribution in [2.24, 2.45) is 5.92 Å². The van der Waals surface area contributed by atoms with Crippen molar-refractivity contribution < 1.29 is 4.48 Å². The van der Waals surface area contributed by atoms with Gasteiger partial charge in [-0.15, -0.1) is 0 Å². The van der Waals surface area contributed by atoms with Crippen LogP contribution in [0.5, 0.6) is 0 Å².